The molecule has 75 valence electrons. The average Bonchev–Trinajstić information content (AvgIpc) is 2.18. The van der Waals surface area contributed by atoms with E-state index >= 15 is 0 Å². The molecule has 1 rings (SSSR count). The number of hydrogen-bond acceptors (Lipinski definition) is 0. The van der Waals surface area contributed by atoms with Crippen molar-refractivity contribution in [2.45, 2.75) is 33.1 Å². The molecule has 1 aromatic rings. The zero-order chi connectivity index (χ0) is 10.4. The summed E-state index contributed by atoms with van der Waals surface area (Å²) in [4.78, 5) is 0. The zero-order valence-electron chi connectivity index (χ0n) is 8.92. The van der Waals surface area contributed by atoms with Gasteiger partial charge >= 0.3 is 0 Å². The second-order valence-corrected chi connectivity index (χ2v) is 3.62. The fourth-order valence-electron chi connectivity index (χ4n) is 1.27. The first-order valence-electron chi connectivity index (χ1n) is 5.16. The van der Waals surface area contributed by atoms with Crippen molar-refractivity contribution in [3.8, 4) is 0 Å². The predicted molar refractivity (Wildman–Crippen MR) is 59.4 cm³/mol. The van der Waals surface area contributed by atoms with Gasteiger partial charge in [-0.05, 0) is 25.0 Å². The highest BCUT2D eigenvalue weighted by atomic mass is 16.3. The molecule has 0 spiro atoms. The molecule has 0 N–H and O–H groups in total. The summed E-state index contributed by atoms with van der Waals surface area (Å²) in [6.07, 6.45) is 4.47. The fourth-order valence-corrected chi connectivity index (χ4v) is 1.27. The summed E-state index contributed by atoms with van der Waals surface area (Å²) < 4.78 is 0. The van der Waals surface area contributed by atoms with Crippen molar-refractivity contribution in [2.24, 2.45) is 0 Å². The lowest BCUT2D eigenvalue weighted by molar-refractivity contribution is 0.283. The standard InChI is InChI=1S/C13H17O/c1-3-4-5-13(14)10-12-8-6-11(2)7-9-12/h6-10H,3-5H2,1-2H3. The van der Waals surface area contributed by atoms with Gasteiger partial charge in [0.1, 0.15) is 0 Å². The van der Waals surface area contributed by atoms with E-state index in [0.29, 0.717) is 6.42 Å². The molecule has 0 heterocycles. The smallest absolute Gasteiger partial charge is 0.156 e. The Morgan fingerprint density at radius 3 is 2.50 bits per heavy atom. The second-order valence-electron chi connectivity index (χ2n) is 3.62. The van der Waals surface area contributed by atoms with E-state index in [2.05, 4.69) is 6.92 Å². The number of benzene rings is 1. The summed E-state index contributed by atoms with van der Waals surface area (Å²) in [6, 6.07) is 8.02. The van der Waals surface area contributed by atoms with Crippen LogP contribution in [0.3, 0.4) is 0 Å². The van der Waals surface area contributed by atoms with Crippen molar-refractivity contribution in [2.75, 3.05) is 0 Å². The Balaban J connectivity index is 2.61. The summed E-state index contributed by atoms with van der Waals surface area (Å²) in [7, 11) is 0. The maximum Gasteiger partial charge on any atom is 0.156 e. The van der Waals surface area contributed by atoms with Crippen LogP contribution < -0.4 is 0 Å². The number of allylic oxidation sites excluding steroid dienone is 1. The molecule has 0 saturated carbocycles. The van der Waals surface area contributed by atoms with Gasteiger partial charge in [0.25, 0.3) is 0 Å². The Bertz CT molecular complexity index is 296. The van der Waals surface area contributed by atoms with Crippen LogP contribution in [0.2, 0.25) is 0 Å². The molecule has 0 amide bonds. The molecule has 1 aromatic carbocycles. The quantitative estimate of drug-likeness (QED) is 0.639. The molecule has 0 aromatic heterocycles. The van der Waals surface area contributed by atoms with Gasteiger partial charge in [0.2, 0.25) is 0 Å². The Hall–Kier alpha value is -1.24. The molecule has 1 heteroatoms. The molecule has 1 radical (unpaired) electrons. The third-order valence-corrected chi connectivity index (χ3v) is 2.18. The minimum absolute atomic E-state index is 0.232. The van der Waals surface area contributed by atoms with Gasteiger partial charge in [-0.3, -0.25) is 5.11 Å². The Morgan fingerprint density at radius 2 is 1.93 bits per heavy atom. The third-order valence-electron chi connectivity index (χ3n) is 2.18. The normalized spacial score (nSPS) is 11.7. The van der Waals surface area contributed by atoms with E-state index in [1.165, 1.54) is 5.56 Å². The highest BCUT2D eigenvalue weighted by molar-refractivity contribution is 5.51. The summed E-state index contributed by atoms with van der Waals surface area (Å²) in [5.41, 5.74) is 2.24. The van der Waals surface area contributed by atoms with E-state index < -0.39 is 0 Å². The molecule has 0 bridgehead atoms. The molecular formula is C13H17O. The van der Waals surface area contributed by atoms with Crippen LogP contribution in [0, 0.1) is 6.92 Å². The van der Waals surface area contributed by atoms with Crippen LogP contribution in [0.1, 0.15) is 37.3 Å². The molecule has 1 nitrogen and oxygen atoms in total. The Labute approximate surface area is 86.1 Å². The number of hydrogen-bond donors (Lipinski definition) is 0. The van der Waals surface area contributed by atoms with E-state index in [1.807, 2.05) is 31.2 Å². The van der Waals surface area contributed by atoms with Crippen molar-refractivity contribution >= 4 is 6.08 Å². The largest absolute Gasteiger partial charge is 0.295 e. The molecule has 0 aliphatic rings. The minimum atomic E-state index is 0.232. The van der Waals surface area contributed by atoms with Crippen molar-refractivity contribution in [1.82, 2.24) is 0 Å². The molecule has 0 atom stereocenters. The fraction of sp³-hybridized carbons (Fsp3) is 0.385. The van der Waals surface area contributed by atoms with Gasteiger partial charge in [-0.1, -0.05) is 43.2 Å². The summed E-state index contributed by atoms with van der Waals surface area (Å²) >= 11 is 0. The minimum Gasteiger partial charge on any atom is -0.295 e. The Kier molecular flexibility index (Phi) is 4.24. The van der Waals surface area contributed by atoms with E-state index in [9.17, 15) is 5.11 Å². The predicted octanol–water partition coefficient (Wildman–Crippen LogP) is 3.96. The van der Waals surface area contributed by atoms with E-state index in [4.69, 9.17) is 0 Å². The van der Waals surface area contributed by atoms with Gasteiger partial charge in [-0.15, -0.1) is 0 Å². The number of unbranched alkanes of at least 4 members (excludes halogenated alkanes) is 1. The SMILES string of the molecule is CCCCC([O])=Cc1ccc(C)cc1. The van der Waals surface area contributed by atoms with E-state index in [1.54, 1.807) is 6.08 Å². The third kappa shape index (κ3) is 3.65. The van der Waals surface area contributed by atoms with Gasteiger partial charge in [-0.25, -0.2) is 0 Å². The number of rotatable bonds is 4. The maximum atomic E-state index is 11.4. The van der Waals surface area contributed by atoms with Gasteiger partial charge in [0, 0.05) is 6.42 Å². The van der Waals surface area contributed by atoms with Crippen LogP contribution in [-0.2, 0) is 5.11 Å². The van der Waals surface area contributed by atoms with Crippen LogP contribution in [-0.4, -0.2) is 0 Å². The molecule has 0 saturated heterocycles. The average molecular weight is 189 g/mol. The van der Waals surface area contributed by atoms with Gasteiger partial charge in [0.15, 0.2) is 5.76 Å². The van der Waals surface area contributed by atoms with E-state index in [0.717, 1.165) is 18.4 Å². The van der Waals surface area contributed by atoms with Crippen molar-refractivity contribution < 1.29 is 5.11 Å². The van der Waals surface area contributed by atoms with Gasteiger partial charge in [0.05, 0.1) is 0 Å². The summed E-state index contributed by atoms with van der Waals surface area (Å²) in [6.45, 7) is 4.14. The van der Waals surface area contributed by atoms with Gasteiger partial charge < -0.3 is 0 Å². The van der Waals surface area contributed by atoms with Crippen LogP contribution in [0.5, 0.6) is 0 Å². The first-order chi connectivity index (χ1) is 6.72. The Morgan fingerprint density at radius 1 is 1.29 bits per heavy atom. The molecule has 14 heavy (non-hydrogen) atoms. The molecule has 0 aliphatic carbocycles. The van der Waals surface area contributed by atoms with Gasteiger partial charge in [-0.2, -0.15) is 0 Å². The molecular weight excluding hydrogens is 172 g/mol. The van der Waals surface area contributed by atoms with Crippen molar-refractivity contribution in [3.05, 3.63) is 41.2 Å². The topological polar surface area (TPSA) is 19.9 Å². The lowest BCUT2D eigenvalue weighted by Crippen LogP contribution is -1.81. The lowest BCUT2D eigenvalue weighted by atomic mass is 10.1. The first-order valence-corrected chi connectivity index (χ1v) is 5.16. The van der Waals surface area contributed by atoms with Crippen molar-refractivity contribution in [1.29, 1.82) is 0 Å². The highest BCUT2D eigenvalue weighted by Gasteiger charge is 1.96. The van der Waals surface area contributed by atoms with Crippen LogP contribution in [0.25, 0.3) is 6.08 Å². The first kappa shape index (κ1) is 10.8. The number of aryl methyl sites for hydroxylation is 1. The van der Waals surface area contributed by atoms with Crippen LogP contribution >= 0.6 is 0 Å². The summed E-state index contributed by atoms with van der Waals surface area (Å²) in [5, 5.41) is 11.4. The summed E-state index contributed by atoms with van der Waals surface area (Å²) in [5.74, 6) is 0.232. The maximum absolute atomic E-state index is 11.4. The lowest BCUT2D eigenvalue weighted by Gasteiger charge is -1.97. The zero-order valence-corrected chi connectivity index (χ0v) is 8.92. The molecule has 0 unspecified atom stereocenters. The molecule has 0 fully saturated rings. The van der Waals surface area contributed by atoms with Crippen LogP contribution in [0.15, 0.2) is 30.0 Å². The highest BCUT2D eigenvalue weighted by Crippen LogP contribution is 2.11. The molecule has 0 aliphatic heterocycles. The van der Waals surface area contributed by atoms with Crippen molar-refractivity contribution in [3.63, 3.8) is 0 Å². The van der Waals surface area contributed by atoms with E-state index in [-0.39, 0.29) is 5.76 Å². The monoisotopic (exact) mass is 189 g/mol. The second kappa shape index (κ2) is 5.48. The van der Waals surface area contributed by atoms with Crippen LogP contribution in [0.4, 0.5) is 0 Å².